The number of nitrogens with zero attached hydrogens (tertiary/aromatic N) is 6. The standard InChI is InChI=1S/C28H32N8O3S/c1-2-14-40(37,38)23-4-3-9-36(18-23)28-29-16-22(17-30-28)33-21-7-5-20(6-8-21)25-15-24-26(34-25)31-19-32-27(24)35-10-12-39-13-11-35/h2,5-8,14-17,19,23,33H,3-4,9-13,18H2,1H3,(H,31,32,34)/b14-2+. The van der Waals surface area contributed by atoms with Crippen molar-refractivity contribution in [1.82, 2.24) is 24.9 Å². The number of benzene rings is 1. The van der Waals surface area contributed by atoms with Gasteiger partial charge >= 0.3 is 0 Å². The third-order valence-electron chi connectivity index (χ3n) is 7.29. The highest BCUT2D eigenvalue weighted by Gasteiger charge is 2.30. The van der Waals surface area contributed by atoms with Crippen LogP contribution in [0.5, 0.6) is 0 Å². The maximum absolute atomic E-state index is 12.5. The highest BCUT2D eigenvalue weighted by Crippen LogP contribution is 2.30. The molecule has 4 aromatic rings. The SMILES string of the molecule is C/C=C/S(=O)(=O)C1CCCN(c2ncc(Nc3ccc(-c4cc5c(N6CCOCC6)ncnc5[nH]4)cc3)cn2)C1. The van der Waals surface area contributed by atoms with E-state index in [0.29, 0.717) is 32.1 Å². The molecule has 0 saturated carbocycles. The van der Waals surface area contributed by atoms with Gasteiger partial charge in [-0.15, -0.1) is 0 Å². The van der Waals surface area contributed by atoms with Crippen molar-refractivity contribution in [2.75, 3.05) is 54.5 Å². The first-order chi connectivity index (χ1) is 19.5. The minimum Gasteiger partial charge on any atom is -0.378 e. The van der Waals surface area contributed by atoms with Crippen molar-refractivity contribution in [2.24, 2.45) is 0 Å². The molecule has 11 nitrogen and oxygen atoms in total. The lowest BCUT2D eigenvalue weighted by Gasteiger charge is -2.31. The Morgan fingerprint density at radius 3 is 2.52 bits per heavy atom. The molecule has 2 fully saturated rings. The van der Waals surface area contributed by atoms with Crippen LogP contribution in [0.4, 0.5) is 23.1 Å². The number of fused-ring (bicyclic) bond motifs is 1. The van der Waals surface area contributed by atoms with Crippen LogP contribution in [0.25, 0.3) is 22.3 Å². The third-order valence-corrected chi connectivity index (χ3v) is 9.25. The van der Waals surface area contributed by atoms with E-state index in [1.807, 2.05) is 29.2 Å². The van der Waals surface area contributed by atoms with Crippen molar-refractivity contribution in [2.45, 2.75) is 25.0 Å². The van der Waals surface area contributed by atoms with Crippen LogP contribution in [0.2, 0.25) is 0 Å². The predicted octanol–water partition coefficient (Wildman–Crippen LogP) is 3.91. The minimum absolute atomic E-state index is 0.397. The molecule has 6 rings (SSSR count). The summed E-state index contributed by atoms with van der Waals surface area (Å²) >= 11 is 0. The van der Waals surface area contributed by atoms with Gasteiger partial charge in [-0.2, -0.15) is 0 Å². The number of aromatic amines is 1. The summed E-state index contributed by atoms with van der Waals surface area (Å²) in [5, 5.41) is 5.20. The lowest BCUT2D eigenvalue weighted by atomic mass is 10.1. The molecule has 40 heavy (non-hydrogen) atoms. The Balaban J connectivity index is 1.13. The van der Waals surface area contributed by atoms with Crippen LogP contribution in [-0.2, 0) is 14.6 Å². The highest BCUT2D eigenvalue weighted by atomic mass is 32.2. The first-order valence-corrected chi connectivity index (χ1v) is 15.1. The Hall–Kier alpha value is -4.03. The Morgan fingerprint density at radius 2 is 1.77 bits per heavy atom. The van der Waals surface area contributed by atoms with Gasteiger partial charge in [-0.1, -0.05) is 18.2 Å². The van der Waals surface area contributed by atoms with E-state index < -0.39 is 15.1 Å². The topological polar surface area (TPSA) is 129 Å². The number of hydrogen-bond donors (Lipinski definition) is 2. The van der Waals surface area contributed by atoms with Gasteiger partial charge in [0.15, 0.2) is 9.84 Å². The number of piperidine rings is 1. The van der Waals surface area contributed by atoms with Crippen LogP contribution in [0.3, 0.4) is 0 Å². The first-order valence-electron chi connectivity index (χ1n) is 13.5. The average molecular weight is 561 g/mol. The molecule has 5 heterocycles. The summed E-state index contributed by atoms with van der Waals surface area (Å²) in [4.78, 5) is 25.6. The van der Waals surface area contributed by atoms with Crippen LogP contribution < -0.4 is 15.1 Å². The zero-order valence-corrected chi connectivity index (χ0v) is 23.1. The van der Waals surface area contributed by atoms with Crippen LogP contribution in [0.15, 0.2) is 60.5 Å². The van der Waals surface area contributed by atoms with Gasteiger partial charge in [0.1, 0.15) is 17.8 Å². The summed E-state index contributed by atoms with van der Waals surface area (Å²) in [6.07, 6.45) is 8.07. The second-order valence-electron chi connectivity index (χ2n) is 9.98. The summed E-state index contributed by atoms with van der Waals surface area (Å²) in [5.41, 5.74) is 4.48. The van der Waals surface area contributed by atoms with Crippen LogP contribution in [0.1, 0.15) is 19.8 Å². The Morgan fingerprint density at radius 1 is 1.00 bits per heavy atom. The van der Waals surface area contributed by atoms with Crippen molar-refractivity contribution in [3.63, 3.8) is 0 Å². The molecule has 2 aliphatic rings. The van der Waals surface area contributed by atoms with Gasteiger partial charge in [0, 0.05) is 43.0 Å². The predicted molar refractivity (Wildman–Crippen MR) is 157 cm³/mol. The van der Waals surface area contributed by atoms with Crippen molar-refractivity contribution in [1.29, 1.82) is 0 Å². The fraction of sp³-hybridized carbons (Fsp3) is 0.357. The molecule has 2 aliphatic heterocycles. The molecule has 0 amide bonds. The number of morpholine rings is 1. The molecule has 0 radical (unpaired) electrons. The second-order valence-corrected chi connectivity index (χ2v) is 12.1. The van der Waals surface area contributed by atoms with E-state index in [1.54, 1.807) is 31.7 Å². The molecule has 1 aromatic carbocycles. The van der Waals surface area contributed by atoms with Gasteiger partial charge in [0.2, 0.25) is 5.95 Å². The molecule has 208 valence electrons. The quantitative estimate of drug-likeness (QED) is 0.343. The lowest BCUT2D eigenvalue weighted by molar-refractivity contribution is 0.122. The Labute approximate surface area is 233 Å². The molecule has 0 aliphatic carbocycles. The largest absolute Gasteiger partial charge is 0.378 e. The number of anilines is 4. The zero-order valence-electron chi connectivity index (χ0n) is 22.3. The molecule has 12 heteroatoms. The normalized spacial score (nSPS) is 18.5. The third kappa shape index (κ3) is 5.50. The number of sulfone groups is 1. The molecule has 0 spiro atoms. The van der Waals surface area contributed by atoms with E-state index in [2.05, 4.69) is 41.2 Å². The summed E-state index contributed by atoms with van der Waals surface area (Å²) in [6.45, 7) is 5.89. The van der Waals surface area contributed by atoms with Gasteiger partial charge in [-0.05, 0) is 43.5 Å². The number of H-pyrrole nitrogens is 1. The van der Waals surface area contributed by atoms with Crippen LogP contribution >= 0.6 is 0 Å². The minimum atomic E-state index is -3.27. The molecule has 3 aromatic heterocycles. The number of aromatic nitrogens is 5. The number of allylic oxidation sites excluding steroid dienone is 1. The fourth-order valence-electron chi connectivity index (χ4n) is 5.25. The number of nitrogens with one attached hydrogen (secondary N) is 2. The van der Waals surface area contributed by atoms with Crippen molar-refractivity contribution in [3.05, 3.63) is 60.5 Å². The van der Waals surface area contributed by atoms with Gasteiger partial charge in [-0.25, -0.2) is 28.4 Å². The van der Waals surface area contributed by atoms with Crippen molar-refractivity contribution < 1.29 is 13.2 Å². The van der Waals surface area contributed by atoms with Crippen LogP contribution in [0, 0.1) is 0 Å². The Bertz CT molecular complexity index is 1600. The number of rotatable bonds is 7. The second kappa shape index (κ2) is 11.2. The molecule has 2 N–H and O–H groups in total. The number of ether oxygens (including phenoxy) is 1. The monoisotopic (exact) mass is 560 g/mol. The molecular formula is C28H32N8O3S. The van der Waals surface area contributed by atoms with E-state index in [0.717, 1.165) is 65.5 Å². The van der Waals surface area contributed by atoms with Crippen molar-refractivity contribution >= 4 is 44.0 Å². The first kappa shape index (κ1) is 26.2. The Kier molecular flexibility index (Phi) is 7.35. The summed E-state index contributed by atoms with van der Waals surface area (Å²) in [7, 11) is -3.27. The van der Waals surface area contributed by atoms with Gasteiger partial charge in [0.05, 0.1) is 41.9 Å². The van der Waals surface area contributed by atoms with Gasteiger partial charge in [0.25, 0.3) is 0 Å². The maximum atomic E-state index is 12.5. The average Bonchev–Trinajstić information content (AvgIpc) is 3.43. The highest BCUT2D eigenvalue weighted by molar-refractivity contribution is 7.94. The van der Waals surface area contributed by atoms with E-state index >= 15 is 0 Å². The van der Waals surface area contributed by atoms with E-state index in [-0.39, 0.29) is 0 Å². The van der Waals surface area contributed by atoms with Crippen LogP contribution in [-0.4, -0.2) is 78.0 Å². The van der Waals surface area contributed by atoms with Gasteiger partial charge < -0.3 is 24.8 Å². The lowest BCUT2D eigenvalue weighted by Crippen LogP contribution is -2.42. The van der Waals surface area contributed by atoms with Crippen molar-refractivity contribution in [3.8, 4) is 11.3 Å². The number of hydrogen-bond acceptors (Lipinski definition) is 10. The summed E-state index contributed by atoms with van der Waals surface area (Å²) in [6, 6.07) is 10.2. The molecule has 1 atom stereocenters. The van der Waals surface area contributed by atoms with Gasteiger partial charge in [-0.3, -0.25) is 0 Å². The summed E-state index contributed by atoms with van der Waals surface area (Å²) < 4.78 is 30.5. The van der Waals surface area contributed by atoms with E-state index in [4.69, 9.17) is 4.74 Å². The molecule has 0 bridgehead atoms. The molecule has 2 saturated heterocycles. The van der Waals surface area contributed by atoms with E-state index in [1.165, 1.54) is 5.41 Å². The van der Waals surface area contributed by atoms with E-state index in [9.17, 15) is 8.42 Å². The molecule has 1 unspecified atom stereocenters. The summed E-state index contributed by atoms with van der Waals surface area (Å²) in [5.74, 6) is 1.47. The molecular weight excluding hydrogens is 528 g/mol. The smallest absolute Gasteiger partial charge is 0.225 e. The zero-order chi connectivity index (χ0) is 27.5. The maximum Gasteiger partial charge on any atom is 0.225 e. The fourth-order valence-corrected chi connectivity index (χ4v) is 6.73.